The molecular weight excluding hydrogens is 360 g/mol. The summed E-state index contributed by atoms with van der Waals surface area (Å²) in [4.78, 5) is 41.2. The van der Waals surface area contributed by atoms with E-state index >= 15 is 0 Å². The summed E-state index contributed by atoms with van der Waals surface area (Å²) in [6.45, 7) is 0.239. The summed E-state index contributed by atoms with van der Waals surface area (Å²) < 4.78 is 0. The SMILES string of the molecule is O=C1c2ccccc2C(=O)N1CC(=O)N1CCSc2ccc(Cl)cc21. The Labute approximate surface area is 153 Å². The van der Waals surface area contributed by atoms with Gasteiger partial charge in [-0.05, 0) is 30.3 Å². The smallest absolute Gasteiger partial charge is 0.262 e. The van der Waals surface area contributed by atoms with Gasteiger partial charge in [0.15, 0.2) is 0 Å². The number of fused-ring (bicyclic) bond motifs is 2. The van der Waals surface area contributed by atoms with E-state index in [9.17, 15) is 14.4 Å². The lowest BCUT2D eigenvalue weighted by Gasteiger charge is -2.30. The lowest BCUT2D eigenvalue weighted by atomic mass is 10.1. The predicted molar refractivity (Wildman–Crippen MR) is 96.3 cm³/mol. The van der Waals surface area contributed by atoms with Gasteiger partial charge in [-0.25, -0.2) is 0 Å². The van der Waals surface area contributed by atoms with Crippen LogP contribution in [-0.4, -0.2) is 41.5 Å². The van der Waals surface area contributed by atoms with Gasteiger partial charge in [0.05, 0.1) is 16.8 Å². The highest BCUT2D eigenvalue weighted by atomic mass is 35.5. The van der Waals surface area contributed by atoms with E-state index in [1.165, 1.54) is 0 Å². The zero-order chi connectivity index (χ0) is 17.6. The average molecular weight is 373 g/mol. The molecule has 25 heavy (non-hydrogen) atoms. The highest BCUT2D eigenvalue weighted by Crippen LogP contribution is 2.36. The fraction of sp³-hybridized carbons (Fsp3) is 0.167. The Hall–Kier alpha value is -2.31. The van der Waals surface area contributed by atoms with Crippen LogP contribution < -0.4 is 4.90 Å². The van der Waals surface area contributed by atoms with Gasteiger partial charge in [-0.3, -0.25) is 19.3 Å². The minimum atomic E-state index is -0.424. The zero-order valence-electron chi connectivity index (χ0n) is 13.1. The summed E-state index contributed by atoms with van der Waals surface area (Å²) in [5, 5.41) is 0.541. The molecule has 2 heterocycles. The van der Waals surface area contributed by atoms with Gasteiger partial charge in [-0.15, -0.1) is 11.8 Å². The van der Waals surface area contributed by atoms with Crippen LogP contribution in [-0.2, 0) is 4.79 Å². The number of nitrogens with zero attached hydrogens (tertiary/aromatic N) is 2. The Morgan fingerprint density at radius 2 is 1.76 bits per heavy atom. The fourth-order valence-corrected chi connectivity index (χ4v) is 4.19. The van der Waals surface area contributed by atoms with Gasteiger partial charge in [0.1, 0.15) is 6.54 Å². The lowest BCUT2D eigenvalue weighted by molar-refractivity contribution is -0.118. The molecule has 0 N–H and O–H groups in total. The number of benzene rings is 2. The van der Waals surface area contributed by atoms with Crippen molar-refractivity contribution in [1.82, 2.24) is 4.90 Å². The van der Waals surface area contributed by atoms with Crippen LogP contribution in [0.5, 0.6) is 0 Å². The number of imide groups is 1. The van der Waals surface area contributed by atoms with Crippen molar-refractivity contribution in [2.75, 3.05) is 23.7 Å². The van der Waals surface area contributed by atoms with Crippen molar-refractivity contribution in [3.63, 3.8) is 0 Å². The summed E-state index contributed by atoms with van der Waals surface area (Å²) in [5.74, 6) is -0.390. The topological polar surface area (TPSA) is 57.7 Å². The van der Waals surface area contributed by atoms with E-state index in [0.717, 1.165) is 21.2 Å². The first-order chi connectivity index (χ1) is 12.1. The minimum Gasteiger partial charge on any atom is -0.309 e. The average Bonchev–Trinajstić information content (AvgIpc) is 2.86. The molecule has 7 heteroatoms. The molecule has 0 atom stereocenters. The Balaban J connectivity index is 1.60. The van der Waals surface area contributed by atoms with Gasteiger partial charge in [-0.2, -0.15) is 0 Å². The number of carbonyl (C=O) groups is 3. The molecule has 126 valence electrons. The third-order valence-corrected chi connectivity index (χ3v) is 5.53. The number of hydrogen-bond donors (Lipinski definition) is 0. The molecule has 3 amide bonds. The summed E-state index contributed by atoms with van der Waals surface area (Å²) in [5.41, 5.74) is 1.42. The maximum Gasteiger partial charge on any atom is 0.262 e. The third kappa shape index (κ3) is 2.71. The van der Waals surface area contributed by atoms with Gasteiger partial charge in [-0.1, -0.05) is 23.7 Å². The van der Waals surface area contributed by atoms with Crippen molar-refractivity contribution < 1.29 is 14.4 Å². The van der Waals surface area contributed by atoms with Crippen LogP contribution >= 0.6 is 23.4 Å². The van der Waals surface area contributed by atoms with Crippen molar-refractivity contribution >= 4 is 46.8 Å². The van der Waals surface area contributed by atoms with Crippen LogP contribution in [0, 0.1) is 0 Å². The summed E-state index contributed by atoms with van der Waals surface area (Å²) in [6.07, 6.45) is 0. The molecule has 2 aromatic carbocycles. The highest BCUT2D eigenvalue weighted by Gasteiger charge is 2.37. The normalized spacial score (nSPS) is 16.0. The second-order valence-corrected chi connectivity index (χ2v) is 7.32. The Morgan fingerprint density at radius 3 is 2.44 bits per heavy atom. The number of carbonyl (C=O) groups excluding carboxylic acids is 3. The number of hydrogen-bond acceptors (Lipinski definition) is 4. The molecule has 0 fully saturated rings. The standard InChI is InChI=1S/C18H13ClN2O3S/c19-11-5-6-15-14(9-11)20(7-8-25-15)16(22)10-21-17(23)12-3-1-2-4-13(12)18(21)24/h1-6,9H,7-8,10H2. The van der Waals surface area contributed by atoms with Gasteiger partial charge in [0, 0.05) is 22.2 Å². The van der Waals surface area contributed by atoms with Gasteiger partial charge in [0.2, 0.25) is 5.91 Å². The Kier molecular flexibility index (Phi) is 4.01. The van der Waals surface area contributed by atoms with Crippen LogP contribution in [0.4, 0.5) is 5.69 Å². The van der Waals surface area contributed by atoms with E-state index in [1.807, 2.05) is 6.07 Å². The molecular formula is C18H13ClN2O3S. The van der Waals surface area contributed by atoms with Crippen LogP contribution in [0.2, 0.25) is 5.02 Å². The number of anilines is 1. The highest BCUT2D eigenvalue weighted by molar-refractivity contribution is 7.99. The van der Waals surface area contributed by atoms with E-state index in [0.29, 0.717) is 22.7 Å². The van der Waals surface area contributed by atoms with Crippen molar-refractivity contribution in [3.8, 4) is 0 Å². The molecule has 0 aromatic heterocycles. The molecule has 0 saturated heterocycles. The first-order valence-corrected chi connectivity index (χ1v) is 9.10. The van der Waals surface area contributed by atoms with Crippen molar-refractivity contribution in [1.29, 1.82) is 0 Å². The van der Waals surface area contributed by atoms with Crippen LogP contribution in [0.3, 0.4) is 0 Å². The molecule has 4 rings (SSSR count). The maximum atomic E-state index is 12.8. The number of halogens is 1. The van der Waals surface area contributed by atoms with Gasteiger partial charge >= 0.3 is 0 Å². The first-order valence-electron chi connectivity index (χ1n) is 7.74. The molecule has 0 unspecified atom stereocenters. The van der Waals surface area contributed by atoms with E-state index in [4.69, 9.17) is 11.6 Å². The summed E-state index contributed by atoms with van der Waals surface area (Å²) in [6, 6.07) is 12.0. The number of rotatable bonds is 2. The van der Waals surface area contributed by atoms with E-state index in [2.05, 4.69) is 0 Å². The summed E-state index contributed by atoms with van der Waals surface area (Å²) >= 11 is 7.71. The van der Waals surface area contributed by atoms with Gasteiger partial charge < -0.3 is 4.90 Å². The molecule has 2 aliphatic heterocycles. The maximum absolute atomic E-state index is 12.8. The molecule has 0 radical (unpaired) electrons. The molecule has 5 nitrogen and oxygen atoms in total. The fourth-order valence-electron chi connectivity index (χ4n) is 3.05. The first kappa shape index (κ1) is 16.2. The molecule has 0 aliphatic carbocycles. The molecule has 0 bridgehead atoms. The Morgan fingerprint density at radius 1 is 1.08 bits per heavy atom. The monoisotopic (exact) mass is 372 g/mol. The molecule has 0 spiro atoms. The van der Waals surface area contributed by atoms with Crippen LogP contribution in [0.1, 0.15) is 20.7 Å². The minimum absolute atomic E-state index is 0.275. The molecule has 2 aromatic rings. The second-order valence-electron chi connectivity index (χ2n) is 5.75. The largest absolute Gasteiger partial charge is 0.309 e. The molecule has 0 saturated carbocycles. The van der Waals surface area contributed by atoms with Gasteiger partial charge in [0.25, 0.3) is 11.8 Å². The number of thioether (sulfide) groups is 1. The molecule has 2 aliphatic rings. The van der Waals surface area contributed by atoms with Crippen molar-refractivity contribution in [2.45, 2.75) is 4.90 Å². The predicted octanol–water partition coefficient (Wildman–Crippen LogP) is 3.07. The Bertz CT molecular complexity index is 880. The zero-order valence-corrected chi connectivity index (χ0v) is 14.6. The second kappa shape index (κ2) is 6.20. The van der Waals surface area contributed by atoms with E-state index < -0.39 is 11.8 Å². The quantitative estimate of drug-likeness (QED) is 0.760. The summed E-state index contributed by atoms with van der Waals surface area (Å²) in [7, 11) is 0. The lowest BCUT2D eigenvalue weighted by Crippen LogP contribution is -2.44. The van der Waals surface area contributed by atoms with Crippen molar-refractivity contribution in [2.24, 2.45) is 0 Å². The third-order valence-electron chi connectivity index (χ3n) is 4.26. The van der Waals surface area contributed by atoms with Crippen LogP contribution in [0.15, 0.2) is 47.4 Å². The van der Waals surface area contributed by atoms with Crippen LogP contribution in [0.25, 0.3) is 0 Å². The number of amides is 3. The van der Waals surface area contributed by atoms with Crippen molar-refractivity contribution in [3.05, 3.63) is 58.6 Å². The van der Waals surface area contributed by atoms with E-state index in [1.54, 1.807) is 53.1 Å². The van der Waals surface area contributed by atoms with E-state index in [-0.39, 0.29) is 12.5 Å².